The number of nitrogens with zero attached hydrogens (tertiary/aromatic N) is 1. The molecule has 1 heterocycles. The summed E-state index contributed by atoms with van der Waals surface area (Å²) in [5, 5.41) is 3.91. The van der Waals surface area contributed by atoms with Crippen molar-refractivity contribution in [3.8, 4) is 0 Å². The minimum absolute atomic E-state index is 0.0247. The Bertz CT molecular complexity index is 659. The fourth-order valence-corrected chi connectivity index (χ4v) is 4.80. The largest absolute Gasteiger partial charge is 0.339 e. The fraction of sp³-hybridized carbons (Fsp3) is 0.562. The van der Waals surface area contributed by atoms with Crippen molar-refractivity contribution in [3.63, 3.8) is 0 Å². The first-order valence-corrected chi connectivity index (χ1v) is 10.1. The molecule has 2 rings (SSSR count). The third kappa shape index (κ3) is 5.16. The zero-order chi connectivity index (χ0) is 17.0. The second kappa shape index (κ2) is 7.59. The van der Waals surface area contributed by atoms with Crippen LogP contribution in [-0.4, -0.2) is 63.2 Å². The van der Waals surface area contributed by atoms with Crippen molar-refractivity contribution in [1.29, 1.82) is 0 Å². The van der Waals surface area contributed by atoms with Gasteiger partial charge in [0.25, 0.3) is 0 Å². The first kappa shape index (κ1) is 18.2. The summed E-state index contributed by atoms with van der Waals surface area (Å²) in [5.41, 5.74) is 2.09. The van der Waals surface area contributed by atoms with Crippen molar-refractivity contribution in [2.24, 2.45) is 0 Å². The molecular formula is C16H26N3O2S2+. The van der Waals surface area contributed by atoms with E-state index < -0.39 is 9.84 Å². The maximum atomic E-state index is 11.8. The minimum atomic E-state index is -2.93. The van der Waals surface area contributed by atoms with Gasteiger partial charge in [-0.05, 0) is 37.2 Å². The Kier molecular flexibility index (Phi) is 6.00. The number of aryl methyl sites for hydroxylation is 1. The van der Waals surface area contributed by atoms with Gasteiger partial charge in [-0.15, -0.1) is 0 Å². The van der Waals surface area contributed by atoms with E-state index in [4.69, 9.17) is 12.2 Å². The monoisotopic (exact) mass is 356 g/mol. The maximum absolute atomic E-state index is 11.8. The number of nitrogens with one attached hydrogen (secondary N) is 2. The number of benzene rings is 1. The predicted molar refractivity (Wildman–Crippen MR) is 98.8 cm³/mol. The normalized spacial score (nSPS) is 19.7. The number of hydrogen-bond donors (Lipinski definition) is 2. The fourth-order valence-electron chi connectivity index (χ4n) is 2.72. The first-order chi connectivity index (χ1) is 10.8. The lowest BCUT2D eigenvalue weighted by Crippen LogP contribution is -3.06. The average molecular weight is 357 g/mol. The number of hydrogen-bond acceptors (Lipinski definition) is 3. The highest BCUT2D eigenvalue weighted by Gasteiger charge is 2.33. The molecule has 5 nitrogen and oxygen atoms in total. The van der Waals surface area contributed by atoms with E-state index in [2.05, 4.69) is 24.3 Å². The Labute approximate surface area is 144 Å². The van der Waals surface area contributed by atoms with Crippen LogP contribution >= 0.6 is 12.2 Å². The molecular weight excluding hydrogens is 330 g/mol. The summed E-state index contributed by atoms with van der Waals surface area (Å²) in [7, 11) is 1.24. The molecule has 1 aromatic carbocycles. The molecule has 1 saturated heterocycles. The summed E-state index contributed by atoms with van der Waals surface area (Å²) < 4.78 is 23.6. The van der Waals surface area contributed by atoms with Crippen LogP contribution in [0.25, 0.3) is 0 Å². The summed E-state index contributed by atoms with van der Waals surface area (Å²) in [6.45, 7) is 3.69. The number of thiocarbonyl (C=S) groups is 1. The van der Waals surface area contributed by atoms with Crippen molar-refractivity contribution in [3.05, 3.63) is 29.8 Å². The zero-order valence-corrected chi connectivity index (χ0v) is 15.6. The van der Waals surface area contributed by atoms with Gasteiger partial charge in [-0.3, -0.25) is 0 Å². The van der Waals surface area contributed by atoms with Gasteiger partial charge in [0.15, 0.2) is 14.9 Å². The van der Waals surface area contributed by atoms with E-state index in [1.54, 1.807) is 0 Å². The van der Waals surface area contributed by atoms with E-state index in [0.717, 1.165) is 24.3 Å². The molecule has 0 unspecified atom stereocenters. The van der Waals surface area contributed by atoms with Crippen LogP contribution in [0.5, 0.6) is 0 Å². The highest BCUT2D eigenvalue weighted by atomic mass is 32.2. The Balaban J connectivity index is 2.12. The van der Waals surface area contributed by atoms with Crippen molar-refractivity contribution < 1.29 is 13.3 Å². The third-order valence-electron chi connectivity index (χ3n) is 4.15. The molecule has 23 heavy (non-hydrogen) atoms. The maximum Gasteiger partial charge on any atom is 0.173 e. The Morgan fingerprint density at radius 1 is 1.39 bits per heavy atom. The smallest absolute Gasteiger partial charge is 0.173 e. The third-order valence-corrected chi connectivity index (χ3v) is 6.24. The van der Waals surface area contributed by atoms with Gasteiger partial charge in [-0.25, -0.2) is 8.42 Å². The lowest BCUT2D eigenvalue weighted by Gasteiger charge is -2.31. The molecule has 1 fully saturated rings. The number of sulfone groups is 1. The van der Waals surface area contributed by atoms with Crippen molar-refractivity contribution in [1.82, 2.24) is 4.90 Å². The summed E-state index contributed by atoms with van der Waals surface area (Å²) in [6, 6.07) is 7.94. The molecule has 0 spiro atoms. The van der Waals surface area contributed by atoms with Crippen LogP contribution < -0.4 is 10.2 Å². The van der Waals surface area contributed by atoms with Gasteiger partial charge in [0.1, 0.15) is 0 Å². The zero-order valence-electron chi connectivity index (χ0n) is 14.0. The standard InChI is InChI=1S/C16H25N3O2S2/c1-13-6-4-5-7-15(13)17-16(22)19(10-9-18(2)3)14-8-11-23(20,21)12-14/h4-7,14H,8-12H2,1-3H3,(H,17,22)/p+1/t14-/m0/s1. The second-order valence-electron chi connectivity index (χ2n) is 6.45. The number of para-hydroxylation sites is 1. The summed E-state index contributed by atoms with van der Waals surface area (Å²) in [4.78, 5) is 3.37. The summed E-state index contributed by atoms with van der Waals surface area (Å²) in [5.74, 6) is 0.460. The second-order valence-corrected chi connectivity index (χ2v) is 9.07. The van der Waals surface area contributed by atoms with Gasteiger partial charge in [0, 0.05) is 11.7 Å². The van der Waals surface area contributed by atoms with E-state index in [9.17, 15) is 8.42 Å². The Morgan fingerprint density at radius 2 is 2.09 bits per heavy atom. The molecule has 0 aliphatic carbocycles. The van der Waals surface area contributed by atoms with Crippen LogP contribution in [0.15, 0.2) is 24.3 Å². The number of rotatable bonds is 5. The van der Waals surface area contributed by atoms with Crippen molar-refractivity contribution >= 4 is 32.9 Å². The highest BCUT2D eigenvalue weighted by Crippen LogP contribution is 2.20. The quantitative estimate of drug-likeness (QED) is 0.745. The minimum Gasteiger partial charge on any atom is -0.339 e. The topological polar surface area (TPSA) is 53.9 Å². The highest BCUT2D eigenvalue weighted by molar-refractivity contribution is 7.91. The van der Waals surface area contributed by atoms with Gasteiger partial charge in [-0.1, -0.05) is 18.2 Å². The van der Waals surface area contributed by atoms with E-state index >= 15 is 0 Å². The van der Waals surface area contributed by atoms with Gasteiger partial charge >= 0.3 is 0 Å². The van der Waals surface area contributed by atoms with Crippen LogP contribution in [0, 0.1) is 6.92 Å². The molecule has 7 heteroatoms. The van der Waals surface area contributed by atoms with Crippen LogP contribution in [0.4, 0.5) is 5.69 Å². The van der Waals surface area contributed by atoms with Crippen LogP contribution in [-0.2, 0) is 9.84 Å². The van der Waals surface area contributed by atoms with E-state index in [1.807, 2.05) is 31.2 Å². The predicted octanol–water partition coefficient (Wildman–Crippen LogP) is 0.325. The number of anilines is 1. The summed E-state index contributed by atoms with van der Waals surface area (Å²) in [6.07, 6.45) is 0.653. The molecule has 128 valence electrons. The molecule has 1 aliphatic heterocycles. The SMILES string of the molecule is Cc1ccccc1NC(=S)N(CC[NH+](C)C)[C@H]1CCS(=O)(=O)C1. The van der Waals surface area contributed by atoms with Crippen LogP contribution in [0.1, 0.15) is 12.0 Å². The van der Waals surface area contributed by atoms with Crippen LogP contribution in [0.2, 0.25) is 0 Å². The molecule has 0 amide bonds. The van der Waals surface area contributed by atoms with Gasteiger partial charge in [-0.2, -0.15) is 0 Å². The Morgan fingerprint density at radius 3 is 2.65 bits per heavy atom. The molecule has 0 aromatic heterocycles. The van der Waals surface area contributed by atoms with Crippen LogP contribution in [0.3, 0.4) is 0 Å². The molecule has 0 radical (unpaired) electrons. The molecule has 2 N–H and O–H groups in total. The van der Waals surface area contributed by atoms with Gasteiger partial charge < -0.3 is 15.1 Å². The first-order valence-electron chi connectivity index (χ1n) is 7.91. The van der Waals surface area contributed by atoms with Gasteiger partial charge in [0.05, 0.1) is 38.7 Å². The van der Waals surface area contributed by atoms with E-state index in [-0.39, 0.29) is 17.5 Å². The lowest BCUT2D eigenvalue weighted by molar-refractivity contribution is -0.857. The van der Waals surface area contributed by atoms with E-state index in [1.165, 1.54) is 4.90 Å². The molecule has 0 bridgehead atoms. The number of quaternary nitrogens is 1. The van der Waals surface area contributed by atoms with E-state index in [0.29, 0.717) is 11.5 Å². The molecule has 1 aliphatic rings. The molecule has 1 atom stereocenters. The molecule has 0 saturated carbocycles. The Hall–Kier alpha value is -1.18. The van der Waals surface area contributed by atoms with Crippen molar-refractivity contribution in [2.45, 2.75) is 19.4 Å². The van der Waals surface area contributed by atoms with Crippen molar-refractivity contribution in [2.75, 3.05) is 44.0 Å². The summed E-state index contributed by atoms with van der Waals surface area (Å²) >= 11 is 5.59. The lowest BCUT2D eigenvalue weighted by atomic mass is 10.2. The van der Waals surface area contributed by atoms with Gasteiger partial charge in [0.2, 0.25) is 0 Å². The average Bonchev–Trinajstić information content (AvgIpc) is 2.81. The number of likely N-dealkylation sites (N-methyl/N-ethyl adjacent to an activating group) is 1. The molecule has 1 aromatic rings.